The highest BCUT2D eigenvalue weighted by Crippen LogP contribution is 2.32. The van der Waals surface area contributed by atoms with Gasteiger partial charge in [-0.25, -0.2) is 0 Å². The second-order valence-electron chi connectivity index (χ2n) is 4.01. The number of benzene rings is 1. The quantitative estimate of drug-likeness (QED) is 0.724. The summed E-state index contributed by atoms with van der Waals surface area (Å²) < 4.78 is 28.2. The summed E-state index contributed by atoms with van der Waals surface area (Å²) in [6.45, 7) is 1.79. The van der Waals surface area contributed by atoms with Crippen LogP contribution in [0.25, 0.3) is 0 Å². The van der Waals surface area contributed by atoms with Crippen molar-refractivity contribution >= 4 is 73.2 Å². The molecular formula is C11H12Cl4N2O3S2. The second-order valence-corrected chi connectivity index (χ2v) is 10.8. The maximum Gasteiger partial charge on any atom is 0.289 e. The van der Waals surface area contributed by atoms with Crippen molar-refractivity contribution in [3.8, 4) is 0 Å². The highest BCUT2D eigenvalue weighted by molar-refractivity contribution is 8.02. The van der Waals surface area contributed by atoms with Crippen LogP contribution in [0, 0.1) is 0 Å². The highest BCUT2D eigenvalue weighted by Gasteiger charge is 2.31. The summed E-state index contributed by atoms with van der Waals surface area (Å²) in [5.41, 5.74) is 0. The molecule has 0 spiro atoms. The monoisotopic (exact) mass is 424 g/mol. The lowest BCUT2D eigenvalue weighted by Gasteiger charge is -2.16. The van der Waals surface area contributed by atoms with Crippen LogP contribution in [0.3, 0.4) is 0 Å². The van der Waals surface area contributed by atoms with Crippen LogP contribution in [0.4, 0.5) is 0 Å². The van der Waals surface area contributed by atoms with Crippen LogP contribution in [0.15, 0.2) is 32.9 Å². The van der Waals surface area contributed by atoms with Gasteiger partial charge in [0.2, 0.25) is 5.91 Å². The van der Waals surface area contributed by atoms with E-state index in [2.05, 4.69) is 8.49 Å². The van der Waals surface area contributed by atoms with E-state index in [9.17, 15) is 13.2 Å². The largest absolute Gasteiger partial charge is 0.289 e. The van der Waals surface area contributed by atoms with Gasteiger partial charge in [0.25, 0.3) is 13.1 Å². The molecule has 0 bridgehead atoms. The second kappa shape index (κ2) is 8.17. The molecule has 1 amide bonds. The molecule has 0 aromatic heterocycles. The topological polar surface area (TPSA) is 75.6 Å². The lowest BCUT2D eigenvalue weighted by molar-refractivity contribution is -0.119. The minimum absolute atomic E-state index is 0.117. The standard InChI is InChI=1S/C11H12Cl4N2O3S2/c1-2-3-10(18)16-21(11(13,14)15)17-22(19,20)9-6-4-8(12)5-7-9/h4-7H,2-3H2,1H3,(H,16,17,18). The molecule has 0 heterocycles. The molecule has 1 N–H and O–H groups in total. The van der Waals surface area contributed by atoms with Crippen LogP contribution < -0.4 is 4.72 Å². The molecule has 0 saturated heterocycles. The van der Waals surface area contributed by atoms with E-state index in [0.717, 1.165) is 0 Å². The maximum atomic E-state index is 12.2. The number of nitrogens with zero attached hydrogens (tertiary/aromatic N) is 1. The fraction of sp³-hybridized carbons (Fsp3) is 0.364. The van der Waals surface area contributed by atoms with Crippen molar-refractivity contribution in [3.63, 3.8) is 0 Å². The first-order chi connectivity index (χ1) is 10.1. The molecule has 11 heteroatoms. The molecule has 0 aliphatic carbocycles. The predicted molar refractivity (Wildman–Crippen MR) is 91.8 cm³/mol. The van der Waals surface area contributed by atoms with Crippen molar-refractivity contribution in [2.45, 2.75) is 27.8 Å². The number of carbonyl (C=O) groups excluding carboxylic acids is 1. The summed E-state index contributed by atoms with van der Waals surface area (Å²) in [4.78, 5) is 11.5. The van der Waals surface area contributed by atoms with E-state index >= 15 is 0 Å². The van der Waals surface area contributed by atoms with Gasteiger partial charge in [-0.3, -0.25) is 9.52 Å². The third-order valence-electron chi connectivity index (χ3n) is 2.19. The van der Waals surface area contributed by atoms with Crippen molar-refractivity contribution in [3.05, 3.63) is 29.3 Å². The molecule has 1 unspecified atom stereocenters. The number of alkyl halides is 3. The van der Waals surface area contributed by atoms with Crippen LogP contribution in [0.2, 0.25) is 5.02 Å². The zero-order valence-corrected chi connectivity index (χ0v) is 15.9. The Kier molecular flexibility index (Phi) is 7.42. The number of nitrogens with one attached hydrogen (secondary N) is 1. The van der Waals surface area contributed by atoms with Gasteiger partial charge in [-0.15, -0.1) is 3.77 Å². The highest BCUT2D eigenvalue weighted by atomic mass is 35.6. The fourth-order valence-corrected chi connectivity index (χ4v) is 5.02. The average molecular weight is 426 g/mol. The molecule has 0 aliphatic heterocycles. The molecule has 1 aromatic carbocycles. The van der Waals surface area contributed by atoms with E-state index in [4.69, 9.17) is 46.4 Å². The smallest absolute Gasteiger partial charge is 0.287 e. The minimum Gasteiger partial charge on any atom is -0.287 e. The van der Waals surface area contributed by atoms with Crippen molar-refractivity contribution in [1.82, 2.24) is 4.72 Å². The zero-order valence-electron chi connectivity index (χ0n) is 11.2. The molecule has 0 radical (unpaired) electrons. The van der Waals surface area contributed by atoms with E-state index in [1.807, 2.05) is 0 Å². The van der Waals surface area contributed by atoms with Crippen LogP contribution in [0.1, 0.15) is 19.8 Å². The summed E-state index contributed by atoms with van der Waals surface area (Å²) in [5, 5.41) is 0.371. The van der Waals surface area contributed by atoms with Gasteiger partial charge >= 0.3 is 0 Å². The molecule has 5 nitrogen and oxygen atoms in total. The molecule has 1 atom stereocenters. The zero-order chi connectivity index (χ0) is 17.0. The first kappa shape index (κ1) is 20.0. The van der Waals surface area contributed by atoms with Crippen molar-refractivity contribution in [1.29, 1.82) is 0 Å². The Morgan fingerprint density at radius 3 is 2.27 bits per heavy atom. The number of rotatable bonds is 5. The minimum atomic E-state index is -4.11. The summed E-state index contributed by atoms with van der Waals surface area (Å²) in [6.07, 6.45) is 0.730. The van der Waals surface area contributed by atoms with E-state index in [-0.39, 0.29) is 11.3 Å². The van der Waals surface area contributed by atoms with E-state index < -0.39 is 29.9 Å². The summed E-state index contributed by atoms with van der Waals surface area (Å²) in [7, 11) is -5.96. The average Bonchev–Trinajstić information content (AvgIpc) is 2.37. The van der Waals surface area contributed by atoms with Crippen LogP contribution in [-0.2, 0) is 25.7 Å². The molecule has 1 aromatic rings. The Balaban J connectivity index is 3.20. The first-order valence-electron chi connectivity index (χ1n) is 5.90. The Morgan fingerprint density at radius 1 is 1.27 bits per heavy atom. The Morgan fingerprint density at radius 2 is 1.82 bits per heavy atom. The molecule has 124 valence electrons. The van der Waals surface area contributed by atoms with Crippen LogP contribution in [-0.4, -0.2) is 17.4 Å². The van der Waals surface area contributed by atoms with E-state index in [1.54, 1.807) is 6.92 Å². The number of amides is 1. The van der Waals surface area contributed by atoms with Crippen molar-refractivity contribution in [2.24, 2.45) is 3.77 Å². The van der Waals surface area contributed by atoms with Gasteiger partial charge in [-0.1, -0.05) is 53.3 Å². The molecule has 1 rings (SSSR count). The maximum absolute atomic E-state index is 12.2. The molecule has 0 saturated carbocycles. The third kappa shape index (κ3) is 6.22. The predicted octanol–water partition coefficient (Wildman–Crippen LogP) is 3.99. The normalized spacial score (nSPS) is 13.9. The molecule has 22 heavy (non-hydrogen) atoms. The van der Waals surface area contributed by atoms with Gasteiger partial charge in [-0.05, 0) is 30.7 Å². The lowest BCUT2D eigenvalue weighted by atomic mass is 10.3. The molecule has 0 fully saturated rings. The molecular weight excluding hydrogens is 414 g/mol. The van der Waals surface area contributed by atoms with Gasteiger partial charge in [0.15, 0.2) is 0 Å². The lowest BCUT2D eigenvalue weighted by Crippen LogP contribution is -2.33. The van der Waals surface area contributed by atoms with Gasteiger partial charge in [0, 0.05) is 11.4 Å². The van der Waals surface area contributed by atoms with Gasteiger partial charge in [-0.2, -0.15) is 8.42 Å². The first-order valence-corrected chi connectivity index (χ1v) is 10.0. The number of sulfonamides is 1. The number of hydrogen-bond donors (Lipinski definition) is 1. The van der Waals surface area contributed by atoms with E-state index in [0.29, 0.717) is 11.4 Å². The number of halogens is 4. The van der Waals surface area contributed by atoms with Gasteiger partial charge < -0.3 is 0 Å². The van der Waals surface area contributed by atoms with Crippen LogP contribution >= 0.6 is 46.4 Å². The SMILES string of the molecule is CCCC(=O)N/S(=N/S(=O)(=O)c1ccc(Cl)cc1)C(Cl)(Cl)Cl. The molecule has 0 aliphatic rings. The number of carbonyl (C=O) groups is 1. The van der Waals surface area contributed by atoms with Crippen molar-refractivity contribution in [2.75, 3.05) is 0 Å². The summed E-state index contributed by atoms with van der Waals surface area (Å²) >= 11 is 22.8. The summed E-state index contributed by atoms with van der Waals surface area (Å²) in [5.74, 6) is -0.452. The van der Waals surface area contributed by atoms with Crippen molar-refractivity contribution < 1.29 is 13.2 Å². The summed E-state index contributed by atoms with van der Waals surface area (Å²) in [6, 6.07) is 5.34. The number of hydrogen-bond acceptors (Lipinski definition) is 3. The van der Waals surface area contributed by atoms with Gasteiger partial charge in [0.1, 0.15) is 0 Å². The third-order valence-corrected chi connectivity index (χ3v) is 6.87. The van der Waals surface area contributed by atoms with E-state index in [1.165, 1.54) is 24.3 Å². The Hall–Kier alpha value is -0.0500. The van der Waals surface area contributed by atoms with Gasteiger partial charge in [0.05, 0.1) is 15.8 Å². The Labute approximate surface area is 151 Å². The van der Waals surface area contributed by atoms with Crippen LogP contribution in [0.5, 0.6) is 0 Å². The Bertz CT molecular complexity index is 670. The fourth-order valence-electron chi connectivity index (χ4n) is 1.25.